The molecule has 2 aromatic heterocycles. The first kappa shape index (κ1) is 37.1. The third-order valence-corrected chi connectivity index (χ3v) is 9.68. The first-order chi connectivity index (χ1) is 26.8. The van der Waals surface area contributed by atoms with Crippen molar-refractivity contribution in [2.24, 2.45) is 0 Å². The number of benzene rings is 4. The Morgan fingerprint density at radius 1 is 0.818 bits per heavy atom. The zero-order valence-electron chi connectivity index (χ0n) is 30.2. The number of rotatable bonds is 14. The Balaban J connectivity index is 1.33. The Hall–Kier alpha value is -6.28. The van der Waals surface area contributed by atoms with Crippen molar-refractivity contribution >= 4 is 34.6 Å². The number of aliphatic hydroxyl groups is 1. The van der Waals surface area contributed by atoms with Crippen LogP contribution in [0.25, 0.3) is 11.2 Å². The zero-order chi connectivity index (χ0) is 38.4. The van der Waals surface area contributed by atoms with Crippen LogP contribution in [0.5, 0.6) is 5.75 Å². The minimum absolute atomic E-state index is 0.0438. The van der Waals surface area contributed by atoms with Crippen LogP contribution in [0.15, 0.2) is 128 Å². The van der Waals surface area contributed by atoms with E-state index in [0.717, 1.165) is 16.7 Å². The SMILES string of the molecule is COc1ccc(C(N[C@@H]2[C@H](O)[C@@H](COC(=O)CCC(C)=O)O[C@H]2n2cnc3c(NC(=O)c4ccccc4)ncnc32)(c2ccccc2)c2ccccc2)cc1. The number of nitrogens with one attached hydrogen (secondary N) is 2. The number of amides is 1. The van der Waals surface area contributed by atoms with Gasteiger partial charge in [-0.05, 0) is 47.9 Å². The number of Topliss-reactive ketones (excluding diaryl/α,β-unsaturated/α-hetero) is 1. The van der Waals surface area contributed by atoms with Crippen LogP contribution in [0.2, 0.25) is 0 Å². The highest BCUT2D eigenvalue weighted by Crippen LogP contribution is 2.42. The molecule has 0 saturated carbocycles. The Kier molecular flexibility index (Phi) is 11.0. The molecule has 0 bridgehead atoms. The van der Waals surface area contributed by atoms with E-state index in [1.807, 2.05) is 91.0 Å². The number of anilines is 1. The molecule has 1 amide bonds. The standard InChI is InChI=1S/C42H40N6O7/c1-27(49)18-23-34(50)54-24-33-37(51)35(41(55-33)48-26-45-36-38(43-25-44-39(36)48)46-40(52)28-12-6-3-7-13-28)47-42(29-14-8-4-9-15-29,30-16-10-5-11-17-30)31-19-21-32(53-2)22-20-31/h3-17,19-22,25-26,33,35,37,41,47,51H,18,23-24H2,1-2H3,(H,43,44,46,52)/t33-,35-,37-,41-/m1/s1. The van der Waals surface area contributed by atoms with E-state index < -0.39 is 36.0 Å². The van der Waals surface area contributed by atoms with Crippen LogP contribution in [0.1, 0.15) is 53.0 Å². The molecule has 4 atom stereocenters. The van der Waals surface area contributed by atoms with Crippen molar-refractivity contribution in [3.8, 4) is 5.75 Å². The number of hydrogen-bond acceptors (Lipinski definition) is 11. The third-order valence-electron chi connectivity index (χ3n) is 9.68. The second-order valence-corrected chi connectivity index (χ2v) is 13.2. The Bertz CT molecular complexity index is 2210. The van der Waals surface area contributed by atoms with Crippen LogP contribution in [0.3, 0.4) is 0 Å². The molecule has 13 nitrogen and oxygen atoms in total. The van der Waals surface area contributed by atoms with Gasteiger partial charge in [-0.2, -0.15) is 0 Å². The fraction of sp³-hybridized carbons (Fsp3) is 0.238. The van der Waals surface area contributed by atoms with Crippen LogP contribution < -0.4 is 15.4 Å². The summed E-state index contributed by atoms with van der Waals surface area (Å²) in [6.07, 6.45) is -0.427. The molecule has 0 radical (unpaired) electrons. The minimum Gasteiger partial charge on any atom is -0.497 e. The van der Waals surface area contributed by atoms with E-state index in [0.29, 0.717) is 22.5 Å². The predicted octanol–water partition coefficient (Wildman–Crippen LogP) is 5.21. The summed E-state index contributed by atoms with van der Waals surface area (Å²) in [7, 11) is 1.61. The lowest BCUT2D eigenvalue weighted by atomic mass is 9.76. The average Bonchev–Trinajstić information content (AvgIpc) is 3.79. The molecule has 280 valence electrons. The maximum atomic E-state index is 13.1. The molecule has 7 rings (SSSR count). The van der Waals surface area contributed by atoms with Gasteiger partial charge < -0.3 is 29.4 Å². The molecule has 13 heteroatoms. The van der Waals surface area contributed by atoms with E-state index in [4.69, 9.17) is 14.2 Å². The smallest absolute Gasteiger partial charge is 0.306 e. The van der Waals surface area contributed by atoms with E-state index in [-0.39, 0.29) is 37.0 Å². The van der Waals surface area contributed by atoms with Crippen molar-refractivity contribution < 1.29 is 33.7 Å². The number of methoxy groups -OCH3 is 1. The average molecular weight is 741 g/mol. The molecule has 3 N–H and O–H groups in total. The van der Waals surface area contributed by atoms with Crippen molar-refractivity contribution in [1.82, 2.24) is 24.8 Å². The number of esters is 1. The Morgan fingerprint density at radius 2 is 1.44 bits per heavy atom. The van der Waals surface area contributed by atoms with E-state index in [1.165, 1.54) is 19.6 Å². The summed E-state index contributed by atoms with van der Waals surface area (Å²) in [6, 6.07) is 35.3. The molecule has 3 heterocycles. The summed E-state index contributed by atoms with van der Waals surface area (Å²) in [5.41, 5.74) is 2.60. The van der Waals surface area contributed by atoms with Crippen molar-refractivity contribution in [3.63, 3.8) is 0 Å². The fourth-order valence-electron chi connectivity index (χ4n) is 6.92. The lowest BCUT2D eigenvalue weighted by molar-refractivity contribution is -0.150. The van der Waals surface area contributed by atoms with E-state index in [2.05, 4.69) is 25.6 Å². The molecule has 0 spiro atoms. The number of ether oxygens (including phenoxy) is 3. The highest BCUT2D eigenvalue weighted by atomic mass is 16.6. The van der Waals surface area contributed by atoms with Gasteiger partial charge in [0.1, 0.15) is 36.7 Å². The van der Waals surface area contributed by atoms with Gasteiger partial charge in [0.15, 0.2) is 23.2 Å². The summed E-state index contributed by atoms with van der Waals surface area (Å²) >= 11 is 0. The molecule has 1 fully saturated rings. The monoisotopic (exact) mass is 740 g/mol. The molecular weight excluding hydrogens is 700 g/mol. The second-order valence-electron chi connectivity index (χ2n) is 13.2. The number of imidazole rings is 1. The number of ketones is 1. The zero-order valence-corrected chi connectivity index (χ0v) is 30.2. The van der Waals surface area contributed by atoms with Crippen molar-refractivity contribution in [2.45, 2.75) is 49.8 Å². The second kappa shape index (κ2) is 16.4. The van der Waals surface area contributed by atoms with Gasteiger partial charge in [0.2, 0.25) is 0 Å². The van der Waals surface area contributed by atoms with Gasteiger partial charge >= 0.3 is 5.97 Å². The van der Waals surface area contributed by atoms with Crippen molar-refractivity contribution in [3.05, 3.63) is 150 Å². The molecular formula is C42H40N6O7. The first-order valence-corrected chi connectivity index (χ1v) is 17.8. The van der Waals surface area contributed by atoms with Gasteiger partial charge in [0, 0.05) is 12.0 Å². The minimum atomic E-state index is -1.24. The lowest BCUT2D eigenvalue weighted by Crippen LogP contribution is -2.55. The summed E-state index contributed by atoms with van der Waals surface area (Å²) in [4.78, 5) is 50.7. The van der Waals surface area contributed by atoms with Gasteiger partial charge in [0.05, 0.1) is 31.4 Å². The number of carbonyl (C=O) groups excluding carboxylic acids is 3. The molecule has 1 aliphatic heterocycles. The number of aliphatic hydroxyl groups excluding tert-OH is 1. The molecule has 0 aliphatic carbocycles. The van der Waals surface area contributed by atoms with Crippen molar-refractivity contribution in [2.75, 3.05) is 19.0 Å². The van der Waals surface area contributed by atoms with Crippen LogP contribution in [0, 0.1) is 0 Å². The van der Waals surface area contributed by atoms with Crippen LogP contribution >= 0.6 is 0 Å². The number of aromatic nitrogens is 4. The predicted molar refractivity (Wildman–Crippen MR) is 203 cm³/mol. The largest absolute Gasteiger partial charge is 0.497 e. The van der Waals surface area contributed by atoms with Crippen LogP contribution in [-0.4, -0.2) is 74.3 Å². The van der Waals surface area contributed by atoms with Gasteiger partial charge in [-0.15, -0.1) is 0 Å². The van der Waals surface area contributed by atoms with Crippen molar-refractivity contribution in [1.29, 1.82) is 0 Å². The molecule has 1 saturated heterocycles. The van der Waals surface area contributed by atoms with Crippen LogP contribution in [-0.2, 0) is 24.6 Å². The summed E-state index contributed by atoms with van der Waals surface area (Å²) in [5, 5.41) is 18.9. The van der Waals surface area contributed by atoms with E-state index in [1.54, 1.807) is 35.9 Å². The van der Waals surface area contributed by atoms with Gasteiger partial charge in [-0.1, -0.05) is 91.0 Å². The third kappa shape index (κ3) is 7.71. The number of hydrogen-bond donors (Lipinski definition) is 3. The number of carbonyl (C=O) groups is 3. The Labute approximate surface area is 317 Å². The highest BCUT2D eigenvalue weighted by molar-refractivity contribution is 6.06. The normalized spacial score (nSPS) is 18.2. The first-order valence-electron chi connectivity index (χ1n) is 17.8. The number of nitrogens with zero attached hydrogens (tertiary/aromatic N) is 4. The Morgan fingerprint density at radius 3 is 2.05 bits per heavy atom. The van der Waals surface area contributed by atoms with E-state index >= 15 is 0 Å². The summed E-state index contributed by atoms with van der Waals surface area (Å²) in [5.74, 6) is -0.225. The highest BCUT2D eigenvalue weighted by Gasteiger charge is 2.50. The molecule has 55 heavy (non-hydrogen) atoms. The van der Waals surface area contributed by atoms with E-state index in [9.17, 15) is 19.5 Å². The van der Waals surface area contributed by atoms with Gasteiger partial charge in [-0.3, -0.25) is 19.5 Å². The summed E-state index contributed by atoms with van der Waals surface area (Å²) in [6.45, 7) is 1.13. The molecule has 6 aromatic rings. The van der Waals surface area contributed by atoms with Crippen LogP contribution in [0.4, 0.5) is 5.82 Å². The van der Waals surface area contributed by atoms with Gasteiger partial charge in [0.25, 0.3) is 5.91 Å². The maximum Gasteiger partial charge on any atom is 0.306 e. The molecule has 0 unspecified atom stereocenters. The van der Waals surface area contributed by atoms with Gasteiger partial charge in [-0.25, -0.2) is 15.0 Å². The topological polar surface area (TPSA) is 167 Å². The number of fused-ring (bicyclic) bond motifs is 1. The fourth-order valence-corrected chi connectivity index (χ4v) is 6.92. The summed E-state index contributed by atoms with van der Waals surface area (Å²) < 4.78 is 19.3. The quantitative estimate of drug-likeness (QED) is 0.0992. The maximum absolute atomic E-state index is 13.1. The molecule has 4 aromatic carbocycles. The lowest BCUT2D eigenvalue weighted by Gasteiger charge is -2.41. The molecule has 1 aliphatic rings.